The smallest absolute Gasteiger partial charge is 0.148 e. The van der Waals surface area contributed by atoms with Crippen LogP contribution in [0.5, 0.6) is 0 Å². The summed E-state index contributed by atoms with van der Waals surface area (Å²) in [4.78, 5) is 5.42. The van der Waals surface area contributed by atoms with Crippen LogP contribution in [0.2, 0.25) is 0 Å². The van der Waals surface area contributed by atoms with Crippen LogP contribution in [0.15, 0.2) is 30.3 Å². The molecule has 0 aliphatic carbocycles. The third-order valence-corrected chi connectivity index (χ3v) is 4.50. The number of aromatic nitrogens is 1. The molecular formula is C18H16FN3. The molecule has 4 heteroatoms. The Morgan fingerprint density at radius 3 is 2.68 bits per heavy atom. The molecule has 2 heterocycles. The van der Waals surface area contributed by atoms with Crippen molar-refractivity contribution in [3.05, 3.63) is 41.7 Å². The summed E-state index contributed by atoms with van der Waals surface area (Å²) in [5, 5.41) is 11.2. The minimum absolute atomic E-state index is 0.296. The molecule has 1 aromatic heterocycles. The van der Waals surface area contributed by atoms with Gasteiger partial charge in [0.25, 0.3) is 0 Å². The first-order valence-corrected chi connectivity index (χ1v) is 7.67. The predicted octanol–water partition coefficient (Wildman–Crippen LogP) is 4.32. The lowest BCUT2D eigenvalue weighted by Gasteiger charge is -2.30. The standard InChI is InChI=1S/C18H16FN3/c19-14-10-12(11-20)17-16(13-6-2-3-7-15(13)21-17)18(14)22-8-4-1-5-9-22/h2-3,6-7,10,21H,1,4-5,8-9H2. The first kappa shape index (κ1) is 13.1. The Morgan fingerprint density at radius 2 is 1.91 bits per heavy atom. The number of nitrogens with zero attached hydrogens (tertiary/aromatic N) is 2. The van der Waals surface area contributed by atoms with Crippen LogP contribution in [0.25, 0.3) is 21.8 Å². The van der Waals surface area contributed by atoms with Crippen LogP contribution in [-0.4, -0.2) is 18.1 Å². The van der Waals surface area contributed by atoms with Crippen molar-refractivity contribution in [2.75, 3.05) is 18.0 Å². The lowest BCUT2D eigenvalue weighted by atomic mass is 10.0. The summed E-state index contributed by atoms with van der Waals surface area (Å²) in [6.07, 6.45) is 3.37. The number of nitriles is 1. The van der Waals surface area contributed by atoms with E-state index in [9.17, 15) is 9.65 Å². The fourth-order valence-electron chi connectivity index (χ4n) is 3.49. The monoisotopic (exact) mass is 293 g/mol. The Hall–Kier alpha value is -2.54. The number of halogens is 1. The van der Waals surface area contributed by atoms with Crippen molar-refractivity contribution in [2.45, 2.75) is 19.3 Å². The van der Waals surface area contributed by atoms with Gasteiger partial charge in [-0.15, -0.1) is 0 Å². The number of para-hydroxylation sites is 1. The zero-order valence-electron chi connectivity index (χ0n) is 12.2. The van der Waals surface area contributed by atoms with Gasteiger partial charge in [0.15, 0.2) is 0 Å². The quantitative estimate of drug-likeness (QED) is 0.726. The second-order valence-corrected chi connectivity index (χ2v) is 5.83. The molecule has 1 fully saturated rings. The Labute approximate surface area is 128 Å². The van der Waals surface area contributed by atoms with E-state index in [0.717, 1.165) is 47.7 Å². The highest BCUT2D eigenvalue weighted by Crippen LogP contribution is 2.38. The number of rotatable bonds is 1. The zero-order chi connectivity index (χ0) is 15.1. The summed E-state index contributed by atoms with van der Waals surface area (Å²) in [5.41, 5.74) is 2.69. The maximum Gasteiger partial charge on any atom is 0.148 e. The van der Waals surface area contributed by atoms with Crippen LogP contribution < -0.4 is 4.90 Å². The predicted molar refractivity (Wildman–Crippen MR) is 86.5 cm³/mol. The van der Waals surface area contributed by atoms with Gasteiger partial charge in [-0.1, -0.05) is 18.2 Å². The van der Waals surface area contributed by atoms with Crippen molar-refractivity contribution in [2.24, 2.45) is 0 Å². The molecule has 1 aliphatic rings. The van der Waals surface area contributed by atoms with E-state index in [1.807, 2.05) is 24.3 Å². The first-order chi connectivity index (χ1) is 10.8. The van der Waals surface area contributed by atoms with Crippen LogP contribution in [0.3, 0.4) is 0 Å². The number of H-pyrrole nitrogens is 1. The molecule has 22 heavy (non-hydrogen) atoms. The number of piperidine rings is 1. The van der Waals surface area contributed by atoms with E-state index in [2.05, 4.69) is 16.0 Å². The third kappa shape index (κ3) is 1.86. The summed E-state index contributed by atoms with van der Waals surface area (Å²) in [6, 6.07) is 11.3. The number of aromatic amines is 1. The summed E-state index contributed by atoms with van der Waals surface area (Å²) in [7, 11) is 0. The highest BCUT2D eigenvalue weighted by atomic mass is 19.1. The Bertz CT molecular complexity index is 898. The van der Waals surface area contributed by atoms with Crippen LogP contribution >= 0.6 is 0 Å². The molecule has 3 aromatic rings. The normalized spacial score (nSPS) is 15.4. The van der Waals surface area contributed by atoms with Crippen LogP contribution in [0.1, 0.15) is 24.8 Å². The van der Waals surface area contributed by atoms with Crippen LogP contribution in [0, 0.1) is 17.1 Å². The molecule has 0 unspecified atom stereocenters. The van der Waals surface area contributed by atoms with E-state index in [1.54, 1.807) is 0 Å². The molecule has 3 nitrogen and oxygen atoms in total. The first-order valence-electron chi connectivity index (χ1n) is 7.67. The van der Waals surface area contributed by atoms with Crippen molar-refractivity contribution in [3.63, 3.8) is 0 Å². The molecule has 1 saturated heterocycles. The number of hydrogen-bond acceptors (Lipinski definition) is 2. The Morgan fingerprint density at radius 1 is 1.14 bits per heavy atom. The summed E-state index contributed by atoms with van der Waals surface area (Å²) < 4.78 is 14.8. The van der Waals surface area contributed by atoms with Crippen molar-refractivity contribution in [1.82, 2.24) is 4.98 Å². The topological polar surface area (TPSA) is 42.8 Å². The number of fused-ring (bicyclic) bond motifs is 3. The summed E-state index contributed by atoms with van der Waals surface area (Å²) in [6.45, 7) is 1.74. The maximum atomic E-state index is 14.8. The van der Waals surface area contributed by atoms with Crippen molar-refractivity contribution < 1.29 is 4.39 Å². The van der Waals surface area contributed by atoms with Gasteiger partial charge in [0, 0.05) is 29.4 Å². The lowest BCUT2D eigenvalue weighted by Crippen LogP contribution is -2.30. The molecule has 1 N–H and O–H groups in total. The number of benzene rings is 2. The molecule has 0 atom stereocenters. The lowest BCUT2D eigenvalue weighted by molar-refractivity contribution is 0.559. The SMILES string of the molecule is N#Cc1cc(F)c(N2CCCCC2)c2c1[nH]c1ccccc12. The molecule has 0 spiro atoms. The molecule has 2 aromatic carbocycles. The molecule has 110 valence electrons. The second kappa shape index (κ2) is 5.03. The van der Waals surface area contributed by atoms with Gasteiger partial charge < -0.3 is 9.88 Å². The van der Waals surface area contributed by atoms with Crippen molar-refractivity contribution in [1.29, 1.82) is 5.26 Å². The van der Waals surface area contributed by atoms with Gasteiger partial charge in [0.05, 0.1) is 16.8 Å². The summed E-state index contributed by atoms with van der Waals surface area (Å²) >= 11 is 0. The summed E-state index contributed by atoms with van der Waals surface area (Å²) in [5.74, 6) is -0.296. The van der Waals surface area contributed by atoms with Crippen LogP contribution in [0.4, 0.5) is 10.1 Å². The third-order valence-electron chi connectivity index (χ3n) is 4.50. The van der Waals surface area contributed by atoms with Gasteiger partial charge in [-0.05, 0) is 31.4 Å². The highest BCUT2D eigenvalue weighted by molar-refractivity contribution is 6.15. The van der Waals surface area contributed by atoms with E-state index < -0.39 is 0 Å². The van der Waals surface area contributed by atoms with Gasteiger partial charge in [-0.25, -0.2) is 4.39 Å². The second-order valence-electron chi connectivity index (χ2n) is 5.83. The number of nitrogens with one attached hydrogen (secondary N) is 1. The highest BCUT2D eigenvalue weighted by Gasteiger charge is 2.22. The molecular weight excluding hydrogens is 277 g/mol. The van der Waals surface area contributed by atoms with E-state index >= 15 is 0 Å². The average Bonchev–Trinajstić information content (AvgIpc) is 2.94. The van der Waals surface area contributed by atoms with Gasteiger partial charge in [-0.3, -0.25) is 0 Å². The average molecular weight is 293 g/mol. The maximum absolute atomic E-state index is 14.8. The minimum atomic E-state index is -0.296. The molecule has 0 amide bonds. The van der Waals surface area contributed by atoms with E-state index in [1.165, 1.54) is 12.5 Å². The van der Waals surface area contributed by atoms with E-state index in [-0.39, 0.29) is 5.82 Å². The molecule has 1 aliphatic heterocycles. The molecule has 0 saturated carbocycles. The van der Waals surface area contributed by atoms with Gasteiger partial charge in [-0.2, -0.15) is 5.26 Å². The van der Waals surface area contributed by atoms with Crippen molar-refractivity contribution in [3.8, 4) is 6.07 Å². The van der Waals surface area contributed by atoms with Gasteiger partial charge in [0.2, 0.25) is 0 Å². The number of hydrogen-bond donors (Lipinski definition) is 1. The fourth-order valence-corrected chi connectivity index (χ4v) is 3.49. The largest absolute Gasteiger partial charge is 0.369 e. The zero-order valence-corrected chi connectivity index (χ0v) is 12.2. The van der Waals surface area contributed by atoms with E-state index in [4.69, 9.17) is 0 Å². The van der Waals surface area contributed by atoms with Gasteiger partial charge in [0.1, 0.15) is 11.9 Å². The number of anilines is 1. The Balaban J connectivity index is 2.10. The minimum Gasteiger partial charge on any atom is -0.369 e. The molecule has 0 radical (unpaired) electrons. The fraction of sp³-hybridized carbons (Fsp3) is 0.278. The van der Waals surface area contributed by atoms with Gasteiger partial charge >= 0.3 is 0 Å². The molecule has 0 bridgehead atoms. The Kier molecular flexibility index (Phi) is 3.00. The van der Waals surface area contributed by atoms with Crippen LogP contribution in [-0.2, 0) is 0 Å². The van der Waals surface area contributed by atoms with E-state index in [0.29, 0.717) is 11.3 Å². The molecule has 4 rings (SSSR count). The van der Waals surface area contributed by atoms with Crippen molar-refractivity contribution >= 4 is 27.5 Å².